The molecule has 2 bridgehead atoms. The van der Waals surface area contributed by atoms with E-state index in [-0.39, 0.29) is 18.0 Å². The summed E-state index contributed by atoms with van der Waals surface area (Å²) in [7, 11) is 1.84. The lowest BCUT2D eigenvalue weighted by Gasteiger charge is -2.55. The molecule has 0 radical (unpaired) electrons. The monoisotopic (exact) mass is 405 g/mol. The highest BCUT2D eigenvalue weighted by molar-refractivity contribution is 5.90. The number of primary amides is 1. The molecule has 4 fully saturated rings. The predicted octanol–water partition coefficient (Wildman–Crippen LogP) is 3.22. The average molecular weight is 406 g/mol. The second-order valence-electron chi connectivity index (χ2n) is 9.43. The first-order valence-corrected chi connectivity index (χ1v) is 10.6. The van der Waals surface area contributed by atoms with E-state index >= 15 is 0 Å². The quantitative estimate of drug-likeness (QED) is 0.816. The van der Waals surface area contributed by atoms with Crippen molar-refractivity contribution in [2.24, 2.45) is 35.3 Å². The molecule has 6 atom stereocenters. The molecule has 3 unspecified atom stereocenters. The zero-order chi connectivity index (χ0) is 18.6. The summed E-state index contributed by atoms with van der Waals surface area (Å²) in [5.41, 5.74) is 6.61. The maximum absolute atomic E-state index is 11.7. The number of fused-ring (bicyclic) bond motifs is 3. The van der Waals surface area contributed by atoms with Crippen LogP contribution in [0, 0.1) is 29.6 Å². The summed E-state index contributed by atoms with van der Waals surface area (Å²) in [6.45, 7) is 3.47. The number of methoxy groups -OCH3 is 1. The number of carbonyl (C=O) groups is 1. The molecule has 5 rings (SSSR count). The molecular formula is C22H32ClN3O2. The third kappa shape index (κ3) is 3.25. The Hall–Kier alpha value is -1.17. The molecular weight excluding hydrogens is 374 g/mol. The van der Waals surface area contributed by atoms with Gasteiger partial charge in [-0.25, -0.2) is 0 Å². The molecule has 6 heteroatoms. The summed E-state index contributed by atoms with van der Waals surface area (Å²) < 4.78 is 6.30. The molecule has 0 aromatic carbocycles. The Balaban J connectivity index is 0.00000192. The number of amides is 1. The Morgan fingerprint density at radius 1 is 1.25 bits per heavy atom. The van der Waals surface area contributed by atoms with Gasteiger partial charge in [0, 0.05) is 44.8 Å². The lowest BCUT2D eigenvalue weighted by molar-refractivity contribution is -0.170. The number of likely N-dealkylation sites (tertiary alicyclic amines) is 1. The molecule has 1 aromatic rings. The lowest BCUT2D eigenvalue weighted by Crippen LogP contribution is -2.59. The number of nitrogens with zero attached hydrogens (tertiary/aromatic N) is 2. The van der Waals surface area contributed by atoms with Gasteiger partial charge in [0.05, 0.1) is 0 Å². The molecule has 3 saturated carbocycles. The SMILES string of the molecule is COC1(c2ccnc(C(N)=O)c2)[C@@H]2CCC[C@H]1CN(CC1CC3C[C@H]3C1)C2.Cl. The van der Waals surface area contributed by atoms with Crippen molar-refractivity contribution >= 4 is 18.3 Å². The van der Waals surface area contributed by atoms with Crippen LogP contribution in [0.4, 0.5) is 0 Å². The molecule has 4 aliphatic rings. The number of hydrogen-bond acceptors (Lipinski definition) is 4. The predicted molar refractivity (Wildman–Crippen MR) is 110 cm³/mol. The van der Waals surface area contributed by atoms with Gasteiger partial charge in [0.15, 0.2) is 0 Å². The molecule has 2 N–H and O–H groups in total. The zero-order valence-corrected chi connectivity index (χ0v) is 17.5. The summed E-state index contributed by atoms with van der Waals surface area (Å²) in [5.74, 6) is 3.49. The van der Waals surface area contributed by atoms with Crippen molar-refractivity contribution in [3.05, 3.63) is 29.6 Å². The summed E-state index contributed by atoms with van der Waals surface area (Å²) in [4.78, 5) is 18.5. The first-order chi connectivity index (χ1) is 13.1. The molecule has 5 nitrogen and oxygen atoms in total. The van der Waals surface area contributed by atoms with Gasteiger partial charge in [0.25, 0.3) is 5.91 Å². The lowest BCUT2D eigenvalue weighted by atomic mass is 9.62. The van der Waals surface area contributed by atoms with Gasteiger partial charge in [-0.05, 0) is 67.6 Å². The highest BCUT2D eigenvalue weighted by Gasteiger charge is 2.54. The first kappa shape index (κ1) is 20.1. The third-order valence-electron chi connectivity index (χ3n) is 7.93. The standard InChI is InChI=1S/C22H31N3O2.ClH/c1-27-22(17-5-6-24-20(10-17)21(23)26)18-3-2-4-19(22)13-25(12-18)11-14-7-15-9-16(15)8-14;/h5-6,10,14-16,18-19H,2-4,7-9,11-13H2,1H3,(H2,23,26);1H/t14?,15-,16?,18-,19+,22?;/m1./s1. The maximum atomic E-state index is 11.7. The molecule has 0 spiro atoms. The van der Waals surface area contributed by atoms with E-state index in [4.69, 9.17) is 10.5 Å². The van der Waals surface area contributed by atoms with Crippen LogP contribution in [0.5, 0.6) is 0 Å². The highest BCUT2D eigenvalue weighted by Crippen LogP contribution is 2.55. The fourth-order valence-corrected chi connectivity index (χ4v) is 6.76. The van der Waals surface area contributed by atoms with Crippen molar-refractivity contribution < 1.29 is 9.53 Å². The molecule has 28 heavy (non-hydrogen) atoms. The van der Waals surface area contributed by atoms with Gasteiger partial charge in [0.1, 0.15) is 11.3 Å². The van der Waals surface area contributed by atoms with Crippen LogP contribution in [-0.2, 0) is 10.3 Å². The van der Waals surface area contributed by atoms with Crippen LogP contribution < -0.4 is 5.73 Å². The number of ether oxygens (including phenoxy) is 1. The number of nitrogens with two attached hydrogens (primary N) is 1. The summed E-state index contributed by atoms with van der Waals surface area (Å²) >= 11 is 0. The number of piperidine rings is 1. The molecule has 154 valence electrons. The minimum absolute atomic E-state index is 0. The van der Waals surface area contributed by atoms with Crippen molar-refractivity contribution in [2.75, 3.05) is 26.7 Å². The Kier molecular flexibility index (Phi) is 5.45. The maximum Gasteiger partial charge on any atom is 0.267 e. The third-order valence-corrected chi connectivity index (χ3v) is 7.93. The Bertz CT molecular complexity index is 718. The van der Waals surface area contributed by atoms with E-state index in [1.807, 2.05) is 19.2 Å². The van der Waals surface area contributed by atoms with Gasteiger partial charge in [-0.15, -0.1) is 12.4 Å². The number of rotatable bonds is 5. The summed E-state index contributed by atoms with van der Waals surface area (Å²) in [6, 6.07) is 3.90. The van der Waals surface area contributed by atoms with E-state index in [9.17, 15) is 4.79 Å². The Morgan fingerprint density at radius 3 is 2.54 bits per heavy atom. The van der Waals surface area contributed by atoms with Crippen molar-refractivity contribution in [1.29, 1.82) is 0 Å². The first-order valence-electron chi connectivity index (χ1n) is 10.6. The van der Waals surface area contributed by atoms with Gasteiger partial charge < -0.3 is 15.4 Å². The number of halogens is 1. The van der Waals surface area contributed by atoms with Crippen LogP contribution in [0.1, 0.15) is 54.6 Å². The summed E-state index contributed by atoms with van der Waals surface area (Å²) in [5, 5.41) is 0. The van der Waals surface area contributed by atoms with E-state index in [1.54, 1.807) is 6.20 Å². The van der Waals surface area contributed by atoms with Crippen molar-refractivity contribution in [3.63, 3.8) is 0 Å². The van der Waals surface area contributed by atoms with Gasteiger partial charge in [0.2, 0.25) is 0 Å². The van der Waals surface area contributed by atoms with Crippen LogP contribution in [0.25, 0.3) is 0 Å². The number of pyridine rings is 1. The van der Waals surface area contributed by atoms with Crippen LogP contribution in [0.2, 0.25) is 0 Å². The van der Waals surface area contributed by atoms with Crippen LogP contribution in [0.15, 0.2) is 18.3 Å². The minimum atomic E-state index is -0.467. The normalized spacial score (nSPS) is 39.1. The minimum Gasteiger partial charge on any atom is -0.373 e. The second-order valence-corrected chi connectivity index (χ2v) is 9.43. The van der Waals surface area contributed by atoms with Gasteiger partial charge in [-0.1, -0.05) is 6.42 Å². The number of aromatic nitrogens is 1. The average Bonchev–Trinajstić information content (AvgIpc) is 3.27. The van der Waals surface area contributed by atoms with E-state index < -0.39 is 5.91 Å². The van der Waals surface area contributed by atoms with Gasteiger partial charge >= 0.3 is 0 Å². The van der Waals surface area contributed by atoms with Gasteiger partial charge in [-0.3, -0.25) is 9.78 Å². The van der Waals surface area contributed by atoms with Crippen LogP contribution in [-0.4, -0.2) is 42.5 Å². The van der Waals surface area contributed by atoms with E-state index in [1.165, 1.54) is 45.1 Å². The Morgan fingerprint density at radius 2 is 1.93 bits per heavy atom. The van der Waals surface area contributed by atoms with Crippen LogP contribution >= 0.6 is 12.4 Å². The molecule has 3 aliphatic carbocycles. The molecule has 1 aromatic heterocycles. The Labute approximate surface area is 173 Å². The topological polar surface area (TPSA) is 68.5 Å². The van der Waals surface area contributed by atoms with Crippen molar-refractivity contribution in [2.45, 2.75) is 44.1 Å². The summed E-state index contributed by atoms with van der Waals surface area (Å²) in [6.07, 6.45) is 9.77. The highest BCUT2D eigenvalue weighted by atomic mass is 35.5. The van der Waals surface area contributed by atoms with Crippen LogP contribution in [0.3, 0.4) is 0 Å². The second kappa shape index (κ2) is 7.58. The molecule has 1 aliphatic heterocycles. The fourth-order valence-electron chi connectivity index (χ4n) is 6.76. The zero-order valence-electron chi connectivity index (χ0n) is 16.7. The molecule has 1 saturated heterocycles. The van der Waals surface area contributed by atoms with E-state index in [0.29, 0.717) is 17.5 Å². The van der Waals surface area contributed by atoms with Gasteiger partial charge in [-0.2, -0.15) is 0 Å². The molecule has 2 heterocycles. The largest absolute Gasteiger partial charge is 0.373 e. The van der Waals surface area contributed by atoms with E-state index in [2.05, 4.69) is 9.88 Å². The molecule has 1 amide bonds. The number of carbonyl (C=O) groups excluding carboxylic acids is 1. The van der Waals surface area contributed by atoms with Crippen molar-refractivity contribution in [3.8, 4) is 0 Å². The smallest absolute Gasteiger partial charge is 0.267 e. The van der Waals surface area contributed by atoms with Crippen molar-refractivity contribution in [1.82, 2.24) is 9.88 Å². The number of hydrogen-bond donors (Lipinski definition) is 1. The fraction of sp³-hybridized carbons (Fsp3) is 0.727. The van der Waals surface area contributed by atoms with E-state index in [0.717, 1.165) is 36.4 Å².